The van der Waals surface area contributed by atoms with Gasteiger partial charge < -0.3 is 5.32 Å². The summed E-state index contributed by atoms with van der Waals surface area (Å²) in [4.78, 5) is 9.80. The second kappa shape index (κ2) is 6.95. The van der Waals surface area contributed by atoms with Gasteiger partial charge in [-0.25, -0.2) is 18.4 Å². The molecule has 0 amide bonds. The molecule has 3 aromatic heterocycles. The van der Waals surface area contributed by atoms with Gasteiger partial charge in [0, 0.05) is 17.2 Å². The number of anilines is 2. The molecule has 0 aliphatic heterocycles. The third-order valence-corrected chi connectivity index (χ3v) is 6.92. The van der Waals surface area contributed by atoms with Crippen LogP contribution in [0.25, 0.3) is 21.3 Å². The highest BCUT2D eigenvalue weighted by Crippen LogP contribution is 2.38. The number of aryl methyl sites for hydroxylation is 1. The van der Waals surface area contributed by atoms with Crippen molar-refractivity contribution in [1.29, 1.82) is 0 Å². The maximum atomic E-state index is 11.9. The lowest BCUT2D eigenvalue weighted by Gasteiger charge is -2.07. The van der Waals surface area contributed by atoms with Gasteiger partial charge in [0.15, 0.2) is 9.84 Å². The first-order chi connectivity index (χ1) is 13.0. The molecule has 0 fully saturated rings. The third kappa shape index (κ3) is 3.55. The minimum atomic E-state index is -3.29. The van der Waals surface area contributed by atoms with Crippen LogP contribution >= 0.6 is 22.7 Å². The van der Waals surface area contributed by atoms with E-state index >= 15 is 0 Å². The Kier molecular flexibility index (Phi) is 4.62. The van der Waals surface area contributed by atoms with Crippen molar-refractivity contribution < 1.29 is 8.42 Å². The maximum Gasteiger partial charge on any atom is 0.211 e. The van der Waals surface area contributed by atoms with Gasteiger partial charge in [-0.1, -0.05) is 30.4 Å². The van der Waals surface area contributed by atoms with Crippen LogP contribution in [0.2, 0.25) is 0 Å². The standard InChI is InChI=1S/C17H15N5O2S3/c1-3-13-21-22-17(26-13)20-15-14-12(8-25-16(14)19-9-18-15)10-5-4-6-11(7-10)27(2,23)24/h4-9H,3H2,1-2H3,(H,18,19,20,22). The van der Waals surface area contributed by atoms with E-state index in [1.54, 1.807) is 18.2 Å². The van der Waals surface area contributed by atoms with Crippen LogP contribution in [0.5, 0.6) is 0 Å². The van der Waals surface area contributed by atoms with Crippen LogP contribution in [0.15, 0.2) is 40.9 Å². The fraction of sp³-hybridized carbons (Fsp3) is 0.176. The zero-order valence-electron chi connectivity index (χ0n) is 14.5. The van der Waals surface area contributed by atoms with Gasteiger partial charge in [-0.15, -0.1) is 21.5 Å². The summed E-state index contributed by atoms with van der Waals surface area (Å²) in [7, 11) is -3.29. The Morgan fingerprint density at radius 1 is 1.19 bits per heavy atom. The summed E-state index contributed by atoms with van der Waals surface area (Å²) < 4.78 is 23.8. The van der Waals surface area contributed by atoms with E-state index in [1.165, 1.54) is 35.3 Å². The van der Waals surface area contributed by atoms with Crippen molar-refractivity contribution in [2.75, 3.05) is 11.6 Å². The highest BCUT2D eigenvalue weighted by Gasteiger charge is 2.16. The van der Waals surface area contributed by atoms with Gasteiger partial charge in [0.2, 0.25) is 5.13 Å². The molecule has 138 valence electrons. The molecular weight excluding hydrogens is 402 g/mol. The number of hydrogen-bond donors (Lipinski definition) is 1. The van der Waals surface area contributed by atoms with Crippen molar-refractivity contribution in [3.63, 3.8) is 0 Å². The van der Waals surface area contributed by atoms with Gasteiger partial charge in [-0.2, -0.15) is 0 Å². The molecule has 0 aliphatic carbocycles. The highest BCUT2D eigenvalue weighted by molar-refractivity contribution is 7.90. The largest absolute Gasteiger partial charge is 0.314 e. The van der Waals surface area contributed by atoms with Gasteiger partial charge in [0.05, 0.1) is 10.3 Å². The molecule has 1 aromatic carbocycles. The average molecular weight is 418 g/mol. The van der Waals surface area contributed by atoms with E-state index < -0.39 is 9.84 Å². The van der Waals surface area contributed by atoms with Crippen molar-refractivity contribution >= 4 is 53.7 Å². The zero-order valence-corrected chi connectivity index (χ0v) is 17.0. The molecule has 4 rings (SSSR count). The maximum absolute atomic E-state index is 11.9. The van der Waals surface area contributed by atoms with E-state index in [4.69, 9.17) is 0 Å². The number of thiophene rings is 1. The molecule has 0 saturated heterocycles. The lowest BCUT2D eigenvalue weighted by molar-refractivity contribution is 0.602. The van der Waals surface area contributed by atoms with E-state index in [0.717, 1.165) is 32.8 Å². The van der Waals surface area contributed by atoms with E-state index in [1.807, 2.05) is 18.4 Å². The predicted octanol–water partition coefficient (Wildman–Crippen LogP) is 3.92. The quantitative estimate of drug-likeness (QED) is 0.525. The predicted molar refractivity (Wildman–Crippen MR) is 109 cm³/mol. The molecule has 0 radical (unpaired) electrons. The summed E-state index contributed by atoms with van der Waals surface area (Å²) in [5.41, 5.74) is 1.68. The van der Waals surface area contributed by atoms with Gasteiger partial charge in [0.1, 0.15) is 22.0 Å². The van der Waals surface area contributed by atoms with Crippen molar-refractivity contribution in [2.45, 2.75) is 18.2 Å². The first kappa shape index (κ1) is 18.0. The van der Waals surface area contributed by atoms with Crippen molar-refractivity contribution in [1.82, 2.24) is 20.2 Å². The lowest BCUT2D eigenvalue weighted by Crippen LogP contribution is -1.97. The molecule has 7 nitrogen and oxygen atoms in total. The number of nitrogens with one attached hydrogen (secondary N) is 1. The zero-order chi connectivity index (χ0) is 19.0. The van der Waals surface area contributed by atoms with E-state index in [-0.39, 0.29) is 4.90 Å². The Labute approximate surface area is 164 Å². The van der Waals surface area contributed by atoms with E-state index in [2.05, 4.69) is 25.5 Å². The number of sulfone groups is 1. The molecule has 0 bridgehead atoms. The van der Waals surface area contributed by atoms with Gasteiger partial charge in [-0.3, -0.25) is 0 Å². The van der Waals surface area contributed by atoms with Crippen LogP contribution in [0.4, 0.5) is 10.9 Å². The first-order valence-corrected chi connectivity index (χ1v) is 11.7. The minimum Gasteiger partial charge on any atom is -0.314 e. The number of benzene rings is 1. The van der Waals surface area contributed by atoms with Crippen LogP contribution < -0.4 is 5.32 Å². The summed E-state index contributed by atoms with van der Waals surface area (Å²) in [6.45, 7) is 2.03. The first-order valence-electron chi connectivity index (χ1n) is 8.08. The summed E-state index contributed by atoms with van der Waals surface area (Å²) in [5.74, 6) is 0.625. The van der Waals surface area contributed by atoms with Gasteiger partial charge >= 0.3 is 0 Å². The smallest absolute Gasteiger partial charge is 0.211 e. The van der Waals surface area contributed by atoms with E-state index in [0.29, 0.717) is 10.9 Å². The van der Waals surface area contributed by atoms with Crippen LogP contribution in [0.1, 0.15) is 11.9 Å². The molecule has 1 N–H and O–H groups in total. The Hall–Kier alpha value is -2.43. The van der Waals surface area contributed by atoms with Gasteiger partial charge in [0.25, 0.3) is 0 Å². The Bertz CT molecular complexity index is 1230. The SMILES string of the molecule is CCc1nnc(Nc2ncnc3scc(-c4cccc(S(C)(=O)=O)c4)c23)s1. The molecule has 0 atom stereocenters. The molecular formula is C17H15N5O2S3. The Morgan fingerprint density at radius 2 is 2.04 bits per heavy atom. The molecule has 0 unspecified atom stereocenters. The number of hydrogen-bond acceptors (Lipinski definition) is 9. The fourth-order valence-electron chi connectivity index (χ4n) is 2.62. The number of aromatic nitrogens is 4. The second-order valence-electron chi connectivity index (χ2n) is 5.83. The molecule has 27 heavy (non-hydrogen) atoms. The van der Waals surface area contributed by atoms with Crippen LogP contribution in [-0.4, -0.2) is 34.8 Å². The Balaban J connectivity index is 1.83. The Morgan fingerprint density at radius 3 is 2.78 bits per heavy atom. The van der Waals surface area contributed by atoms with Crippen molar-refractivity contribution in [2.24, 2.45) is 0 Å². The highest BCUT2D eigenvalue weighted by atomic mass is 32.2. The summed E-state index contributed by atoms with van der Waals surface area (Å²) in [6, 6.07) is 6.89. The molecule has 10 heteroatoms. The molecule has 4 aromatic rings. The monoisotopic (exact) mass is 417 g/mol. The van der Waals surface area contributed by atoms with Gasteiger partial charge in [-0.05, 0) is 24.1 Å². The third-order valence-electron chi connectivity index (χ3n) is 3.94. The van der Waals surface area contributed by atoms with Crippen LogP contribution in [0, 0.1) is 0 Å². The minimum absolute atomic E-state index is 0.280. The second-order valence-corrected chi connectivity index (χ2v) is 9.77. The molecule has 0 aliphatic rings. The number of fused-ring (bicyclic) bond motifs is 1. The fourth-order valence-corrected chi connectivity index (χ4v) is 4.89. The van der Waals surface area contributed by atoms with E-state index in [9.17, 15) is 8.42 Å². The molecule has 3 heterocycles. The summed E-state index contributed by atoms with van der Waals surface area (Å²) in [6.07, 6.45) is 3.52. The van der Waals surface area contributed by atoms with Crippen molar-refractivity contribution in [3.05, 3.63) is 41.0 Å². The van der Waals surface area contributed by atoms with Crippen LogP contribution in [0.3, 0.4) is 0 Å². The number of nitrogens with zero attached hydrogens (tertiary/aromatic N) is 4. The normalized spacial score (nSPS) is 11.8. The summed E-state index contributed by atoms with van der Waals surface area (Å²) >= 11 is 2.96. The number of rotatable bonds is 5. The average Bonchev–Trinajstić information content (AvgIpc) is 3.28. The van der Waals surface area contributed by atoms with Crippen molar-refractivity contribution in [3.8, 4) is 11.1 Å². The topological polar surface area (TPSA) is 97.7 Å². The lowest BCUT2D eigenvalue weighted by atomic mass is 10.1. The molecule has 0 saturated carbocycles. The van der Waals surface area contributed by atoms with Crippen LogP contribution in [-0.2, 0) is 16.3 Å². The molecule has 0 spiro atoms. The summed E-state index contributed by atoms with van der Waals surface area (Å²) in [5, 5.41) is 15.9.